The summed E-state index contributed by atoms with van der Waals surface area (Å²) in [6.45, 7) is 8.05. The second kappa shape index (κ2) is 15.3. The van der Waals surface area contributed by atoms with Gasteiger partial charge in [-0.3, -0.25) is 9.89 Å². The maximum atomic E-state index is 11.5. The van der Waals surface area contributed by atoms with Gasteiger partial charge >= 0.3 is 0 Å². The van der Waals surface area contributed by atoms with Gasteiger partial charge in [0.2, 0.25) is 5.91 Å². The van der Waals surface area contributed by atoms with Crippen LogP contribution in [0, 0.1) is 0 Å². The first-order valence-corrected chi connectivity index (χ1v) is 13.6. The number of carbonyl (C=O) groups excluding carboxylic acids is 1. The summed E-state index contributed by atoms with van der Waals surface area (Å²) in [6.07, 6.45) is 6.17. The van der Waals surface area contributed by atoms with Crippen LogP contribution in [0.15, 0.2) is 91.1 Å². The molecule has 39 heavy (non-hydrogen) atoms. The summed E-state index contributed by atoms with van der Waals surface area (Å²) in [4.78, 5) is 13.1. The summed E-state index contributed by atoms with van der Waals surface area (Å²) >= 11 is 0. The Balaban J connectivity index is 0.00000205. The van der Waals surface area contributed by atoms with E-state index in [1.807, 2.05) is 38.3 Å². The average Bonchev–Trinajstić information content (AvgIpc) is 3.45. The van der Waals surface area contributed by atoms with Gasteiger partial charge in [-0.2, -0.15) is 5.10 Å². The van der Waals surface area contributed by atoms with Gasteiger partial charge in [0.25, 0.3) is 0 Å². The third-order valence-corrected chi connectivity index (χ3v) is 6.16. The van der Waals surface area contributed by atoms with Crippen LogP contribution in [0.2, 0.25) is 0 Å². The molecule has 4 rings (SSSR count). The Labute approximate surface area is 232 Å². The number of aromatic nitrogens is 2. The molecular weight excluding hydrogens is 484 g/mol. The van der Waals surface area contributed by atoms with E-state index in [0.717, 1.165) is 34.2 Å². The van der Waals surface area contributed by atoms with Gasteiger partial charge in [-0.15, -0.1) is 0 Å². The van der Waals surface area contributed by atoms with Gasteiger partial charge < -0.3 is 15.0 Å². The number of hydrogen-bond donors (Lipinski definition) is 2. The number of ether oxygens (including phenoxy) is 1. The fraction of sp³-hybridized carbons (Fsp3) is 0.273. The molecule has 204 valence electrons. The normalized spacial score (nSPS) is 11.6. The number of H-pyrrole nitrogens is 1. The average molecular weight is 525 g/mol. The second-order valence-electron chi connectivity index (χ2n) is 8.96. The van der Waals surface area contributed by atoms with Crippen molar-refractivity contribution in [3.8, 4) is 5.75 Å². The van der Waals surface area contributed by atoms with Crippen molar-refractivity contribution in [1.29, 1.82) is 0 Å². The summed E-state index contributed by atoms with van der Waals surface area (Å²) in [5.41, 5.74) is 7.06. The van der Waals surface area contributed by atoms with Crippen LogP contribution < -0.4 is 10.1 Å². The molecule has 0 unspecified atom stereocenters. The molecule has 2 N–H and O–H groups in total. The van der Waals surface area contributed by atoms with Crippen molar-refractivity contribution in [2.75, 3.05) is 33.8 Å². The molecule has 6 heteroatoms. The highest BCUT2D eigenvalue weighted by molar-refractivity contribution is 6.00. The standard InChI is InChI=1S/C31H34N4O2.C2H6/c1-4-28(23-9-6-5-7-10-23)31(25-14-17-29-26(21-25)22-33-34-29)24-12-15-27(16-13-24)37-20-19-32-18-8-11-30(36)35(2)3;1-2/h5-17,21-22,32H,4,18-20H2,1-3H3,(H,33,34);1-2H3/b11-8+,31-28+;. The minimum absolute atomic E-state index is 0.0188. The number of rotatable bonds is 11. The van der Waals surface area contributed by atoms with E-state index in [-0.39, 0.29) is 5.91 Å². The molecule has 0 spiro atoms. The van der Waals surface area contributed by atoms with Gasteiger partial charge in [-0.05, 0) is 58.5 Å². The summed E-state index contributed by atoms with van der Waals surface area (Å²) in [5.74, 6) is 0.806. The Hall–Kier alpha value is -4.16. The smallest absolute Gasteiger partial charge is 0.245 e. The summed E-state index contributed by atoms with van der Waals surface area (Å²) < 4.78 is 5.94. The minimum Gasteiger partial charge on any atom is -0.492 e. The number of carbonyl (C=O) groups is 1. The first kappa shape index (κ1) is 29.4. The van der Waals surface area contributed by atoms with E-state index in [1.165, 1.54) is 16.7 Å². The van der Waals surface area contributed by atoms with Crippen LogP contribution in [0.4, 0.5) is 0 Å². The van der Waals surface area contributed by atoms with E-state index >= 15 is 0 Å². The Bertz CT molecular complexity index is 1370. The summed E-state index contributed by atoms with van der Waals surface area (Å²) in [5, 5.41) is 11.6. The van der Waals surface area contributed by atoms with Gasteiger partial charge in [0.05, 0.1) is 11.7 Å². The van der Waals surface area contributed by atoms with Crippen LogP contribution in [0.1, 0.15) is 43.9 Å². The van der Waals surface area contributed by atoms with Crippen molar-refractivity contribution in [1.82, 2.24) is 20.4 Å². The molecule has 0 fully saturated rings. The monoisotopic (exact) mass is 524 g/mol. The van der Waals surface area contributed by atoms with Crippen LogP contribution in [-0.4, -0.2) is 54.8 Å². The van der Waals surface area contributed by atoms with E-state index in [4.69, 9.17) is 4.74 Å². The Morgan fingerprint density at radius 1 is 0.974 bits per heavy atom. The largest absolute Gasteiger partial charge is 0.492 e. The zero-order chi connectivity index (χ0) is 28.0. The van der Waals surface area contributed by atoms with Gasteiger partial charge in [-0.25, -0.2) is 0 Å². The molecule has 3 aromatic carbocycles. The minimum atomic E-state index is -0.0188. The van der Waals surface area contributed by atoms with Crippen LogP contribution in [-0.2, 0) is 4.79 Å². The van der Waals surface area contributed by atoms with E-state index in [1.54, 1.807) is 25.1 Å². The van der Waals surface area contributed by atoms with Crippen molar-refractivity contribution in [2.24, 2.45) is 0 Å². The fourth-order valence-electron chi connectivity index (χ4n) is 4.23. The Morgan fingerprint density at radius 2 is 1.69 bits per heavy atom. The number of allylic oxidation sites excluding steroid dienone is 1. The van der Waals surface area contributed by atoms with E-state index in [2.05, 4.69) is 83.1 Å². The van der Waals surface area contributed by atoms with Gasteiger partial charge in [0.1, 0.15) is 12.4 Å². The van der Waals surface area contributed by atoms with Crippen molar-refractivity contribution in [3.63, 3.8) is 0 Å². The maximum absolute atomic E-state index is 11.5. The number of amides is 1. The molecule has 0 aliphatic rings. The molecule has 1 aromatic heterocycles. The summed E-state index contributed by atoms with van der Waals surface area (Å²) in [7, 11) is 3.47. The van der Waals surface area contributed by atoms with E-state index in [0.29, 0.717) is 19.7 Å². The van der Waals surface area contributed by atoms with Crippen LogP contribution in [0.3, 0.4) is 0 Å². The van der Waals surface area contributed by atoms with Crippen molar-refractivity contribution in [2.45, 2.75) is 27.2 Å². The zero-order valence-corrected chi connectivity index (χ0v) is 23.7. The molecule has 0 radical (unpaired) electrons. The van der Waals surface area contributed by atoms with Crippen LogP contribution >= 0.6 is 0 Å². The Kier molecular flexibility index (Phi) is 11.5. The number of nitrogens with one attached hydrogen (secondary N) is 2. The molecule has 0 aliphatic carbocycles. The second-order valence-corrected chi connectivity index (χ2v) is 8.96. The highest BCUT2D eigenvalue weighted by Crippen LogP contribution is 2.36. The van der Waals surface area contributed by atoms with Crippen LogP contribution in [0.25, 0.3) is 22.0 Å². The Morgan fingerprint density at radius 3 is 2.38 bits per heavy atom. The molecule has 4 aromatic rings. The van der Waals surface area contributed by atoms with Gasteiger partial charge in [-0.1, -0.05) is 75.4 Å². The predicted octanol–water partition coefficient (Wildman–Crippen LogP) is 6.57. The van der Waals surface area contributed by atoms with Crippen LogP contribution in [0.5, 0.6) is 5.75 Å². The lowest BCUT2D eigenvalue weighted by Crippen LogP contribution is -2.22. The molecular formula is C33H40N4O2. The molecule has 1 heterocycles. The number of benzene rings is 3. The highest BCUT2D eigenvalue weighted by atomic mass is 16.5. The fourth-order valence-corrected chi connectivity index (χ4v) is 4.23. The highest BCUT2D eigenvalue weighted by Gasteiger charge is 2.14. The van der Waals surface area contributed by atoms with Gasteiger partial charge in [0, 0.05) is 38.6 Å². The SMILES string of the molecule is CC.CC/C(=C(/c1ccc(OCCNC/C=C/C(=O)N(C)C)cc1)c1ccc2[nH]ncc2c1)c1ccccc1. The first-order valence-electron chi connectivity index (χ1n) is 13.6. The van der Waals surface area contributed by atoms with Crippen molar-refractivity contribution >= 4 is 28.0 Å². The molecule has 0 saturated heterocycles. The number of likely N-dealkylation sites (N-methyl/N-ethyl adjacent to an activating group) is 1. The number of fused-ring (bicyclic) bond motifs is 1. The number of hydrogen-bond acceptors (Lipinski definition) is 4. The third-order valence-electron chi connectivity index (χ3n) is 6.16. The predicted molar refractivity (Wildman–Crippen MR) is 163 cm³/mol. The van der Waals surface area contributed by atoms with Gasteiger partial charge in [0.15, 0.2) is 0 Å². The molecule has 0 bridgehead atoms. The van der Waals surface area contributed by atoms with E-state index in [9.17, 15) is 4.79 Å². The lowest BCUT2D eigenvalue weighted by molar-refractivity contribution is -0.123. The maximum Gasteiger partial charge on any atom is 0.245 e. The number of aromatic amines is 1. The zero-order valence-electron chi connectivity index (χ0n) is 23.7. The third kappa shape index (κ3) is 8.16. The molecule has 0 atom stereocenters. The first-order chi connectivity index (χ1) is 19.1. The molecule has 0 aliphatic heterocycles. The number of nitrogens with zero attached hydrogens (tertiary/aromatic N) is 2. The van der Waals surface area contributed by atoms with E-state index < -0.39 is 0 Å². The molecule has 0 saturated carbocycles. The van der Waals surface area contributed by atoms with Crippen molar-refractivity contribution < 1.29 is 9.53 Å². The topological polar surface area (TPSA) is 70.2 Å². The quantitative estimate of drug-likeness (QED) is 0.132. The van der Waals surface area contributed by atoms with Crippen molar-refractivity contribution in [3.05, 3.63) is 108 Å². The molecule has 1 amide bonds. The molecule has 6 nitrogen and oxygen atoms in total. The summed E-state index contributed by atoms with van der Waals surface area (Å²) in [6, 6.07) is 25.3. The lowest BCUT2D eigenvalue weighted by Gasteiger charge is -2.17. The lowest BCUT2D eigenvalue weighted by atomic mass is 9.88.